The minimum absolute atomic E-state index is 0.386. The fourth-order valence-corrected chi connectivity index (χ4v) is 5.45. The number of hydrogen-bond donors (Lipinski definition) is 1. The molecule has 3 rings (SSSR count). The molecule has 7 heteroatoms. The van der Waals surface area contributed by atoms with Gasteiger partial charge in [0.2, 0.25) is 0 Å². The number of piperazine rings is 1. The van der Waals surface area contributed by atoms with Crippen LogP contribution in [0.5, 0.6) is 0 Å². The molecule has 0 aromatic carbocycles. The molecule has 1 aromatic rings. The Balaban J connectivity index is 1.68. The molecule has 1 atom stereocenters. The molecule has 0 spiro atoms. The zero-order chi connectivity index (χ0) is 13.3. The number of rotatable bonds is 3. The van der Waals surface area contributed by atoms with E-state index in [0.29, 0.717) is 23.3 Å². The molecule has 0 bridgehead atoms. The summed E-state index contributed by atoms with van der Waals surface area (Å²) in [7, 11) is -3.26. The summed E-state index contributed by atoms with van der Waals surface area (Å²) >= 11 is 1.30. The lowest BCUT2D eigenvalue weighted by Gasteiger charge is -2.32. The average Bonchev–Trinajstić information content (AvgIpc) is 3.12. The Morgan fingerprint density at radius 3 is 2.74 bits per heavy atom. The first-order valence-corrected chi connectivity index (χ1v) is 8.98. The molecule has 0 amide bonds. The monoisotopic (exact) mass is 301 g/mol. The van der Waals surface area contributed by atoms with Crippen LogP contribution >= 0.6 is 11.3 Å². The van der Waals surface area contributed by atoms with E-state index in [2.05, 4.69) is 10.2 Å². The van der Waals surface area contributed by atoms with Crippen molar-refractivity contribution in [2.24, 2.45) is 0 Å². The van der Waals surface area contributed by atoms with Crippen LogP contribution in [0, 0.1) is 0 Å². The lowest BCUT2D eigenvalue weighted by Crippen LogP contribution is -2.49. The van der Waals surface area contributed by atoms with Crippen molar-refractivity contribution in [1.29, 1.82) is 0 Å². The fraction of sp³-hybridized carbons (Fsp3) is 0.667. The third kappa shape index (κ3) is 2.71. The molecule has 2 aliphatic heterocycles. The smallest absolute Gasteiger partial charge is 0.252 e. The second-order valence-corrected chi connectivity index (χ2v) is 8.14. The number of nitrogens with one attached hydrogen (secondary N) is 1. The van der Waals surface area contributed by atoms with Crippen molar-refractivity contribution in [3.63, 3.8) is 0 Å². The first-order valence-electron chi connectivity index (χ1n) is 6.66. The maximum absolute atomic E-state index is 12.4. The quantitative estimate of drug-likeness (QED) is 0.879. The molecule has 1 aromatic heterocycles. The molecule has 0 aliphatic carbocycles. The van der Waals surface area contributed by atoms with Gasteiger partial charge in [0, 0.05) is 45.3 Å². The zero-order valence-electron chi connectivity index (χ0n) is 10.8. The first-order chi connectivity index (χ1) is 9.18. The van der Waals surface area contributed by atoms with Gasteiger partial charge in [0.25, 0.3) is 10.0 Å². The molecular weight excluding hydrogens is 282 g/mol. The van der Waals surface area contributed by atoms with Crippen molar-refractivity contribution in [2.75, 3.05) is 39.3 Å². The molecule has 1 N–H and O–H groups in total. The highest BCUT2D eigenvalue weighted by atomic mass is 32.2. The minimum atomic E-state index is -3.26. The van der Waals surface area contributed by atoms with Gasteiger partial charge in [0.05, 0.1) is 0 Å². The Labute approximate surface area is 118 Å². The summed E-state index contributed by atoms with van der Waals surface area (Å²) in [5, 5.41) is 5.15. The van der Waals surface area contributed by atoms with Crippen molar-refractivity contribution in [1.82, 2.24) is 14.5 Å². The van der Waals surface area contributed by atoms with E-state index in [-0.39, 0.29) is 0 Å². The van der Waals surface area contributed by atoms with E-state index in [0.717, 1.165) is 32.6 Å². The molecule has 106 valence electrons. The Kier molecular flexibility index (Phi) is 3.91. The largest absolute Gasteiger partial charge is 0.314 e. The molecule has 3 heterocycles. The SMILES string of the molecule is O=S(=O)(c1cccs1)N1CCC(N2CCNCC2)C1. The Morgan fingerprint density at radius 2 is 2.05 bits per heavy atom. The minimum Gasteiger partial charge on any atom is -0.314 e. The van der Waals surface area contributed by atoms with Crippen LogP contribution < -0.4 is 5.32 Å². The zero-order valence-corrected chi connectivity index (χ0v) is 12.4. The highest BCUT2D eigenvalue weighted by molar-refractivity contribution is 7.91. The summed E-state index contributed by atoms with van der Waals surface area (Å²) in [4.78, 5) is 2.42. The van der Waals surface area contributed by atoms with Gasteiger partial charge in [-0.3, -0.25) is 4.90 Å². The van der Waals surface area contributed by atoms with Gasteiger partial charge in [-0.15, -0.1) is 11.3 Å². The van der Waals surface area contributed by atoms with Crippen LogP contribution in [0.15, 0.2) is 21.7 Å². The molecule has 1 unspecified atom stereocenters. The average molecular weight is 301 g/mol. The van der Waals surface area contributed by atoms with Crippen LogP contribution in [0.1, 0.15) is 6.42 Å². The highest BCUT2D eigenvalue weighted by Crippen LogP contribution is 2.26. The van der Waals surface area contributed by atoms with Crippen molar-refractivity contribution < 1.29 is 8.42 Å². The van der Waals surface area contributed by atoms with E-state index in [4.69, 9.17) is 0 Å². The summed E-state index contributed by atoms with van der Waals surface area (Å²) in [5.74, 6) is 0. The predicted octanol–water partition coefficient (Wildman–Crippen LogP) is 0.416. The van der Waals surface area contributed by atoms with Gasteiger partial charge < -0.3 is 5.32 Å². The number of nitrogens with zero attached hydrogens (tertiary/aromatic N) is 2. The maximum atomic E-state index is 12.4. The van der Waals surface area contributed by atoms with Crippen LogP contribution in [0.3, 0.4) is 0 Å². The highest BCUT2D eigenvalue weighted by Gasteiger charge is 2.35. The van der Waals surface area contributed by atoms with Crippen LogP contribution in [0.2, 0.25) is 0 Å². The molecule has 19 heavy (non-hydrogen) atoms. The summed E-state index contributed by atoms with van der Waals surface area (Å²) in [6.07, 6.45) is 0.949. The molecule has 2 fully saturated rings. The molecular formula is C12H19N3O2S2. The van der Waals surface area contributed by atoms with Crippen molar-refractivity contribution in [2.45, 2.75) is 16.7 Å². The van der Waals surface area contributed by atoms with Crippen LogP contribution in [-0.4, -0.2) is 62.9 Å². The van der Waals surface area contributed by atoms with E-state index >= 15 is 0 Å². The molecule has 2 saturated heterocycles. The number of hydrogen-bond acceptors (Lipinski definition) is 5. The Bertz CT molecular complexity index is 509. The normalized spacial score (nSPS) is 26.8. The van der Waals surface area contributed by atoms with E-state index in [9.17, 15) is 8.42 Å². The molecule has 0 saturated carbocycles. The summed E-state index contributed by atoms with van der Waals surface area (Å²) in [5.41, 5.74) is 0. The van der Waals surface area contributed by atoms with E-state index < -0.39 is 10.0 Å². The molecule has 2 aliphatic rings. The lowest BCUT2D eigenvalue weighted by atomic mass is 10.2. The standard InChI is InChI=1S/C12H19N3O2S2/c16-19(17,12-2-1-9-18-12)15-6-3-11(10-15)14-7-4-13-5-8-14/h1-2,9,11,13H,3-8,10H2. The topological polar surface area (TPSA) is 52.7 Å². The van der Waals surface area contributed by atoms with E-state index in [1.807, 2.05) is 5.38 Å². The van der Waals surface area contributed by atoms with Gasteiger partial charge >= 0.3 is 0 Å². The molecule has 0 radical (unpaired) electrons. The fourth-order valence-electron chi connectivity index (χ4n) is 2.81. The van der Waals surface area contributed by atoms with Crippen LogP contribution in [-0.2, 0) is 10.0 Å². The van der Waals surface area contributed by atoms with Gasteiger partial charge in [0.1, 0.15) is 4.21 Å². The van der Waals surface area contributed by atoms with Crippen LogP contribution in [0.25, 0.3) is 0 Å². The third-order valence-electron chi connectivity index (χ3n) is 3.88. The van der Waals surface area contributed by atoms with E-state index in [1.165, 1.54) is 11.3 Å². The number of thiophene rings is 1. The van der Waals surface area contributed by atoms with Crippen molar-refractivity contribution in [3.8, 4) is 0 Å². The van der Waals surface area contributed by atoms with Crippen LogP contribution in [0.4, 0.5) is 0 Å². The summed E-state index contributed by atoms with van der Waals surface area (Å²) in [6, 6.07) is 3.87. The number of sulfonamides is 1. The second kappa shape index (κ2) is 5.49. The molecule has 5 nitrogen and oxygen atoms in total. The Morgan fingerprint density at radius 1 is 1.26 bits per heavy atom. The van der Waals surface area contributed by atoms with Gasteiger partial charge in [-0.1, -0.05) is 6.07 Å². The lowest BCUT2D eigenvalue weighted by molar-refractivity contribution is 0.179. The van der Waals surface area contributed by atoms with Gasteiger partial charge in [-0.25, -0.2) is 8.42 Å². The van der Waals surface area contributed by atoms with E-state index in [1.54, 1.807) is 16.4 Å². The summed E-state index contributed by atoms with van der Waals surface area (Å²) in [6.45, 7) is 5.35. The third-order valence-corrected chi connectivity index (χ3v) is 7.12. The predicted molar refractivity (Wildman–Crippen MR) is 75.9 cm³/mol. The maximum Gasteiger partial charge on any atom is 0.252 e. The van der Waals surface area contributed by atoms with Crippen molar-refractivity contribution in [3.05, 3.63) is 17.5 Å². The van der Waals surface area contributed by atoms with Crippen molar-refractivity contribution >= 4 is 21.4 Å². The van der Waals surface area contributed by atoms with Gasteiger partial charge in [0.15, 0.2) is 0 Å². The summed E-state index contributed by atoms with van der Waals surface area (Å²) < 4.78 is 27.0. The Hall–Kier alpha value is -0.470. The second-order valence-electron chi connectivity index (χ2n) is 5.02. The van der Waals surface area contributed by atoms with Gasteiger partial charge in [-0.05, 0) is 17.9 Å². The first kappa shape index (κ1) is 13.5. The van der Waals surface area contributed by atoms with Gasteiger partial charge in [-0.2, -0.15) is 4.31 Å².